The summed E-state index contributed by atoms with van der Waals surface area (Å²) in [5.41, 5.74) is 0. The zero-order valence-electron chi connectivity index (χ0n) is 12.0. The molecule has 1 aromatic heterocycles. The predicted octanol–water partition coefficient (Wildman–Crippen LogP) is 3.35. The van der Waals surface area contributed by atoms with E-state index in [0.717, 1.165) is 17.3 Å². The molecule has 0 aliphatic rings. The first kappa shape index (κ1) is 17.3. The maximum absolute atomic E-state index is 11.3. The molecule has 0 radical (unpaired) electrons. The number of ether oxygens (including phenoxy) is 1. The number of aromatic nitrogens is 1. The van der Waals surface area contributed by atoms with Gasteiger partial charge in [-0.2, -0.15) is 0 Å². The van der Waals surface area contributed by atoms with Gasteiger partial charge in [-0.05, 0) is 39.7 Å². The van der Waals surface area contributed by atoms with Crippen LogP contribution in [0.4, 0.5) is 0 Å². The van der Waals surface area contributed by atoms with Gasteiger partial charge < -0.3 is 4.74 Å². The van der Waals surface area contributed by atoms with Gasteiger partial charge in [0.05, 0.1) is 21.8 Å². The van der Waals surface area contributed by atoms with Crippen LogP contribution in [-0.2, 0) is 11.0 Å². The van der Waals surface area contributed by atoms with E-state index in [1.54, 1.807) is 6.20 Å². The summed E-state index contributed by atoms with van der Waals surface area (Å²) in [6, 6.07) is 3.70. The molecule has 6 heteroatoms. The molecular weight excluding hydrogens is 340 g/mol. The van der Waals surface area contributed by atoms with Gasteiger partial charge in [0.15, 0.2) is 0 Å². The number of hydrogen-bond acceptors (Lipinski definition) is 3. The molecule has 0 bridgehead atoms. The van der Waals surface area contributed by atoms with Gasteiger partial charge in [0.1, 0.15) is 0 Å². The molecule has 0 aliphatic heterocycles. The van der Waals surface area contributed by atoms with Crippen molar-refractivity contribution >= 4 is 26.9 Å². The van der Waals surface area contributed by atoms with Crippen LogP contribution in [0.3, 0.4) is 0 Å². The molecule has 1 rings (SSSR count). The number of hydrogen-bond donors (Lipinski definition) is 1. The normalized spacial score (nSPS) is 15.2. The second-order valence-electron chi connectivity index (χ2n) is 5.12. The summed E-state index contributed by atoms with van der Waals surface area (Å²) in [6.07, 6.45) is 7.36. The highest BCUT2D eigenvalue weighted by atomic mass is 79.9. The Hall–Kier alpha value is -0.720. The van der Waals surface area contributed by atoms with Crippen molar-refractivity contribution in [1.82, 2.24) is 4.98 Å². The minimum absolute atomic E-state index is 0.0629. The van der Waals surface area contributed by atoms with Gasteiger partial charge in [-0.3, -0.25) is 5.14 Å². The molecule has 0 spiro atoms. The topological polar surface area (TPSA) is 65.2 Å². The second kappa shape index (κ2) is 7.90. The molecule has 0 aliphatic carbocycles. The maximum Gasteiger partial charge on any atom is 0.214 e. The summed E-state index contributed by atoms with van der Waals surface area (Å²) >= 11 is 3.38. The number of allylic oxidation sites excluding steroid dienone is 1. The van der Waals surface area contributed by atoms with Gasteiger partial charge in [-0.25, -0.2) is 9.19 Å². The molecule has 1 unspecified atom stereocenters. The Morgan fingerprint density at radius 1 is 1.60 bits per heavy atom. The molecule has 0 amide bonds. The molecule has 0 saturated heterocycles. The fourth-order valence-electron chi connectivity index (χ4n) is 1.48. The van der Waals surface area contributed by atoms with Crippen LogP contribution in [-0.4, -0.2) is 20.0 Å². The molecule has 112 valence electrons. The Morgan fingerprint density at radius 2 is 2.30 bits per heavy atom. The van der Waals surface area contributed by atoms with Crippen molar-refractivity contribution in [1.29, 1.82) is 0 Å². The quantitative estimate of drug-likeness (QED) is 0.758. The Labute approximate surface area is 131 Å². The van der Waals surface area contributed by atoms with Crippen molar-refractivity contribution in [2.24, 2.45) is 5.14 Å². The molecule has 20 heavy (non-hydrogen) atoms. The Kier molecular flexibility index (Phi) is 6.85. The number of halogens is 1. The molecule has 1 aromatic rings. The third kappa shape index (κ3) is 6.15. The van der Waals surface area contributed by atoms with Crippen LogP contribution in [0.25, 0.3) is 0 Å². The van der Waals surface area contributed by atoms with Gasteiger partial charge in [-0.15, -0.1) is 0 Å². The van der Waals surface area contributed by atoms with Crippen LogP contribution in [0, 0.1) is 0 Å². The first-order chi connectivity index (χ1) is 9.31. The van der Waals surface area contributed by atoms with E-state index in [9.17, 15) is 4.21 Å². The van der Waals surface area contributed by atoms with E-state index >= 15 is 0 Å². The first-order valence-corrected chi connectivity index (χ1v) is 8.44. The monoisotopic (exact) mass is 360 g/mol. The third-order valence-corrected chi connectivity index (χ3v) is 4.46. The Balaban J connectivity index is 2.39. The SMILES string of the molecule is C[C@@H](CC/C=C/C(C)(C)S(N)=O)Oc1cc(Br)ccn1. The van der Waals surface area contributed by atoms with Crippen LogP contribution in [0.15, 0.2) is 35.0 Å². The molecule has 2 atom stereocenters. The minimum atomic E-state index is -1.36. The lowest BCUT2D eigenvalue weighted by Gasteiger charge is -2.16. The first-order valence-electron chi connectivity index (χ1n) is 6.43. The van der Waals surface area contributed by atoms with Gasteiger partial charge in [-0.1, -0.05) is 28.1 Å². The molecule has 0 saturated carbocycles. The third-order valence-electron chi connectivity index (χ3n) is 2.80. The van der Waals surface area contributed by atoms with Gasteiger partial charge in [0.25, 0.3) is 0 Å². The summed E-state index contributed by atoms with van der Waals surface area (Å²) in [5.74, 6) is 0.610. The zero-order valence-corrected chi connectivity index (χ0v) is 14.4. The average molecular weight is 361 g/mol. The molecule has 0 fully saturated rings. The lowest BCUT2D eigenvalue weighted by atomic mass is 10.1. The fourth-order valence-corrected chi connectivity index (χ4v) is 2.02. The van der Waals surface area contributed by atoms with Crippen molar-refractivity contribution in [3.63, 3.8) is 0 Å². The van der Waals surface area contributed by atoms with Crippen molar-refractivity contribution in [3.8, 4) is 5.88 Å². The van der Waals surface area contributed by atoms with Crippen LogP contribution in [0.1, 0.15) is 33.6 Å². The van der Waals surface area contributed by atoms with E-state index in [1.807, 2.05) is 45.1 Å². The molecular formula is C14H21BrN2O2S. The van der Waals surface area contributed by atoms with Crippen LogP contribution in [0.2, 0.25) is 0 Å². The maximum atomic E-state index is 11.3. The van der Waals surface area contributed by atoms with E-state index < -0.39 is 15.7 Å². The minimum Gasteiger partial charge on any atom is -0.475 e. The van der Waals surface area contributed by atoms with Crippen LogP contribution >= 0.6 is 15.9 Å². The van der Waals surface area contributed by atoms with Gasteiger partial charge in [0.2, 0.25) is 5.88 Å². The van der Waals surface area contributed by atoms with E-state index in [-0.39, 0.29) is 6.10 Å². The van der Waals surface area contributed by atoms with Crippen LogP contribution in [0.5, 0.6) is 5.88 Å². The largest absolute Gasteiger partial charge is 0.475 e. The number of nitrogens with zero attached hydrogens (tertiary/aromatic N) is 1. The standard InChI is InChI=1S/C14H21BrN2O2S/c1-11(19-13-10-12(15)7-9-17-13)6-4-5-8-14(2,3)20(16)18/h5,7-11H,4,6,16H2,1-3H3/b8-5+/t11-,20?/m0/s1. The average Bonchev–Trinajstić information content (AvgIpc) is 2.34. The molecule has 0 aromatic carbocycles. The van der Waals surface area contributed by atoms with Crippen molar-refractivity contribution in [2.45, 2.75) is 44.5 Å². The number of rotatable bonds is 7. The number of pyridine rings is 1. The fraction of sp³-hybridized carbons (Fsp3) is 0.500. The Morgan fingerprint density at radius 3 is 2.90 bits per heavy atom. The summed E-state index contributed by atoms with van der Waals surface area (Å²) in [4.78, 5) is 4.14. The number of nitrogens with two attached hydrogens (primary N) is 1. The van der Waals surface area contributed by atoms with Gasteiger partial charge >= 0.3 is 0 Å². The highest BCUT2D eigenvalue weighted by Crippen LogP contribution is 2.17. The van der Waals surface area contributed by atoms with E-state index in [1.165, 1.54) is 0 Å². The molecule has 4 nitrogen and oxygen atoms in total. The Bertz CT molecular complexity index is 492. The molecule has 2 N–H and O–H groups in total. The summed E-state index contributed by atoms with van der Waals surface area (Å²) in [6.45, 7) is 5.71. The van der Waals surface area contributed by atoms with Crippen molar-refractivity contribution in [2.75, 3.05) is 0 Å². The van der Waals surface area contributed by atoms with E-state index in [0.29, 0.717) is 5.88 Å². The predicted molar refractivity (Wildman–Crippen MR) is 86.8 cm³/mol. The molecule has 1 heterocycles. The summed E-state index contributed by atoms with van der Waals surface area (Å²) < 4.78 is 17.4. The zero-order chi connectivity index (χ0) is 15.2. The van der Waals surface area contributed by atoms with E-state index in [2.05, 4.69) is 20.9 Å². The van der Waals surface area contributed by atoms with Gasteiger partial charge in [0, 0.05) is 16.7 Å². The van der Waals surface area contributed by atoms with Crippen molar-refractivity contribution in [3.05, 3.63) is 35.0 Å². The highest BCUT2D eigenvalue weighted by molar-refractivity contribution is 9.10. The highest BCUT2D eigenvalue weighted by Gasteiger charge is 2.18. The second-order valence-corrected chi connectivity index (χ2v) is 7.68. The van der Waals surface area contributed by atoms with Crippen molar-refractivity contribution < 1.29 is 8.95 Å². The summed E-state index contributed by atoms with van der Waals surface area (Å²) in [7, 11) is -1.36. The summed E-state index contributed by atoms with van der Waals surface area (Å²) in [5, 5.41) is 5.41. The lowest BCUT2D eigenvalue weighted by Crippen LogP contribution is -2.29. The van der Waals surface area contributed by atoms with E-state index in [4.69, 9.17) is 9.88 Å². The van der Waals surface area contributed by atoms with Crippen LogP contribution < -0.4 is 9.88 Å². The lowest BCUT2D eigenvalue weighted by molar-refractivity contribution is 0.203. The smallest absolute Gasteiger partial charge is 0.214 e.